The van der Waals surface area contributed by atoms with Gasteiger partial charge in [0.25, 0.3) is 0 Å². The van der Waals surface area contributed by atoms with Gasteiger partial charge in [0.05, 0.1) is 6.61 Å². The Balaban J connectivity index is 2.73. The van der Waals surface area contributed by atoms with Gasteiger partial charge in [-0.05, 0) is 49.6 Å². The number of benzene rings is 1. The second-order valence-electron chi connectivity index (χ2n) is 5.00. The van der Waals surface area contributed by atoms with E-state index in [1.807, 2.05) is 0 Å². The van der Waals surface area contributed by atoms with Crippen LogP contribution in [0.5, 0.6) is 0 Å². The van der Waals surface area contributed by atoms with Crippen LogP contribution in [0.1, 0.15) is 37.8 Å². The second-order valence-corrected chi connectivity index (χ2v) is 5.00. The fraction of sp³-hybridized carbons (Fsp3) is 0.625. The Labute approximate surface area is 117 Å². The summed E-state index contributed by atoms with van der Waals surface area (Å²) in [5, 5.41) is 12.6. The average molecular weight is 264 g/mol. The maximum absolute atomic E-state index is 9.14. The molecule has 1 aromatic carbocycles. The molecule has 1 rings (SSSR count). The van der Waals surface area contributed by atoms with Crippen molar-refractivity contribution in [2.75, 3.05) is 31.1 Å². The molecule has 0 unspecified atom stereocenters. The predicted molar refractivity (Wildman–Crippen MR) is 82.8 cm³/mol. The van der Waals surface area contributed by atoms with Gasteiger partial charge in [0.2, 0.25) is 0 Å². The third kappa shape index (κ3) is 5.21. The third-order valence-electron chi connectivity index (χ3n) is 3.30. The SMILES string of the molecule is CCCNCc1ccc(N(CCC)CCO)cc1C. The molecule has 0 fully saturated rings. The smallest absolute Gasteiger partial charge is 0.0606 e. The molecule has 0 radical (unpaired) electrons. The normalized spacial score (nSPS) is 10.7. The first-order valence-electron chi connectivity index (χ1n) is 7.39. The molecule has 0 saturated carbocycles. The molecule has 0 aliphatic rings. The number of aryl methyl sites for hydroxylation is 1. The molecule has 3 heteroatoms. The minimum Gasteiger partial charge on any atom is -0.395 e. The lowest BCUT2D eigenvalue weighted by Gasteiger charge is -2.24. The van der Waals surface area contributed by atoms with Crippen molar-refractivity contribution in [3.8, 4) is 0 Å². The molecule has 3 nitrogen and oxygen atoms in total. The Morgan fingerprint density at radius 1 is 1.16 bits per heavy atom. The molecule has 0 bridgehead atoms. The van der Waals surface area contributed by atoms with E-state index in [1.165, 1.54) is 16.8 Å². The average Bonchev–Trinajstić information content (AvgIpc) is 2.40. The van der Waals surface area contributed by atoms with Crippen LogP contribution in [0, 0.1) is 6.92 Å². The maximum atomic E-state index is 9.14. The summed E-state index contributed by atoms with van der Waals surface area (Å²) in [6, 6.07) is 6.60. The van der Waals surface area contributed by atoms with Crippen LogP contribution in [0.2, 0.25) is 0 Å². The third-order valence-corrected chi connectivity index (χ3v) is 3.30. The number of aliphatic hydroxyl groups excluding tert-OH is 1. The van der Waals surface area contributed by atoms with Gasteiger partial charge in [-0.3, -0.25) is 0 Å². The van der Waals surface area contributed by atoms with Crippen molar-refractivity contribution in [3.05, 3.63) is 29.3 Å². The number of rotatable bonds is 9. The fourth-order valence-electron chi connectivity index (χ4n) is 2.24. The lowest BCUT2D eigenvalue weighted by Crippen LogP contribution is -2.27. The summed E-state index contributed by atoms with van der Waals surface area (Å²) in [6.45, 7) is 10.4. The van der Waals surface area contributed by atoms with E-state index in [0.29, 0.717) is 6.54 Å². The van der Waals surface area contributed by atoms with Crippen molar-refractivity contribution in [1.29, 1.82) is 0 Å². The Bertz CT molecular complexity index is 360. The highest BCUT2D eigenvalue weighted by Gasteiger charge is 2.06. The van der Waals surface area contributed by atoms with E-state index >= 15 is 0 Å². The molecule has 1 aromatic rings. The number of hydrogen-bond acceptors (Lipinski definition) is 3. The Hall–Kier alpha value is -1.06. The lowest BCUT2D eigenvalue weighted by molar-refractivity contribution is 0.302. The van der Waals surface area contributed by atoms with E-state index in [9.17, 15) is 0 Å². The molecule has 108 valence electrons. The molecule has 0 heterocycles. The minimum atomic E-state index is 0.207. The van der Waals surface area contributed by atoms with Crippen LogP contribution < -0.4 is 10.2 Å². The topological polar surface area (TPSA) is 35.5 Å². The van der Waals surface area contributed by atoms with Crippen molar-refractivity contribution >= 4 is 5.69 Å². The Morgan fingerprint density at radius 2 is 1.95 bits per heavy atom. The van der Waals surface area contributed by atoms with Gasteiger partial charge < -0.3 is 15.3 Å². The summed E-state index contributed by atoms with van der Waals surface area (Å²) in [5.74, 6) is 0. The van der Waals surface area contributed by atoms with Crippen molar-refractivity contribution in [2.24, 2.45) is 0 Å². The van der Waals surface area contributed by atoms with Crippen molar-refractivity contribution in [1.82, 2.24) is 5.32 Å². The van der Waals surface area contributed by atoms with E-state index in [2.05, 4.69) is 49.2 Å². The van der Waals surface area contributed by atoms with Crippen molar-refractivity contribution in [3.63, 3.8) is 0 Å². The zero-order chi connectivity index (χ0) is 14.1. The summed E-state index contributed by atoms with van der Waals surface area (Å²) >= 11 is 0. The monoisotopic (exact) mass is 264 g/mol. The molecule has 19 heavy (non-hydrogen) atoms. The molecule has 0 aromatic heterocycles. The number of anilines is 1. The predicted octanol–water partition coefficient (Wildman–Crippen LogP) is 2.70. The number of nitrogens with one attached hydrogen (secondary N) is 1. The summed E-state index contributed by atoms with van der Waals surface area (Å²) in [4.78, 5) is 2.25. The molecule has 0 aliphatic carbocycles. The van der Waals surface area contributed by atoms with Crippen molar-refractivity contribution in [2.45, 2.75) is 40.2 Å². The van der Waals surface area contributed by atoms with Gasteiger partial charge in [-0.2, -0.15) is 0 Å². The maximum Gasteiger partial charge on any atom is 0.0606 e. The van der Waals surface area contributed by atoms with Gasteiger partial charge in [-0.1, -0.05) is 19.9 Å². The molecular formula is C16H28N2O. The summed E-state index contributed by atoms with van der Waals surface area (Å²) < 4.78 is 0. The largest absolute Gasteiger partial charge is 0.395 e. The molecule has 0 atom stereocenters. The highest BCUT2D eigenvalue weighted by molar-refractivity contribution is 5.50. The minimum absolute atomic E-state index is 0.207. The van der Waals surface area contributed by atoms with Crippen LogP contribution in [0.25, 0.3) is 0 Å². The molecule has 0 aliphatic heterocycles. The fourth-order valence-corrected chi connectivity index (χ4v) is 2.24. The summed E-state index contributed by atoms with van der Waals surface area (Å²) in [6.07, 6.45) is 2.26. The van der Waals surface area contributed by atoms with Gasteiger partial charge in [0, 0.05) is 25.3 Å². The van der Waals surface area contributed by atoms with Crippen LogP contribution in [0.4, 0.5) is 5.69 Å². The van der Waals surface area contributed by atoms with E-state index in [0.717, 1.165) is 32.5 Å². The van der Waals surface area contributed by atoms with E-state index in [-0.39, 0.29) is 6.61 Å². The molecule has 0 saturated heterocycles. The molecule has 2 N–H and O–H groups in total. The quantitative estimate of drug-likeness (QED) is 0.673. The first kappa shape index (κ1) is 16.0. The van der Waals surface area contributed by atoms with Crippen molar-refractivity contribution < 1.29 is 5.11 Å². The highest BCUT2D eigenvalue weighted by Crippen LogP contribution is 2.19. The van der Waals surface area contributed by atoms with Crippen LogP contribution >= 0.6 is 0 Å². The van der Waals surface area contributed by atoms with Gasteiger partial charge in [0.15, 0.2) is 0 Å². The number of hydrogen-bond donors (Lipinski definition) is 2. The van der Waals surface area contributed by atoms with Gasteiger partial charge in [0.1, 0.15) is 0 Å². The first-order chi connectivity index (χ1) is 9.22. The Kier molecular flexibility index (Phi) is 7.53. The van der Waals surface area contributed by atoms with Crippen LogP contribution in [0.3, 0.4) is 0 Å². The number of aliphatic hydroxyl groups is 1. The van der Waals surface area contributed by atoms with Gasteiger partial charge in [-0.25, -0.2) is 0 Å². The second kappa shape index (κ2) is 8.94. The molecular weight excluding hydrogens is 236 g/mol. The van der Waals surface area contributed by atoms with E-state index < -0.39 is 0 Å². The van der Waals surface area contributed by atoms with Gasteiger partial charge in [-0.15, -0.1) is 0 Å². The standard InChI is InChI=1S/C16H28N2O/c1-4-8-17-13-15-6-7-16(12-14(15)3)18(9-5-2)10-11-19/h6-7,12,17,19H,4-5,8-11,13H2,1-3H3. The lowest BCUT2D eigenvalue weighted by atomic mass is 10.1. The Morgan fingerprint density at radius 3 is 2.53 bits per heavy atom. The van der Waals surface area contributed by atoms with E-state index in [1.54, 1.807) is 0 Å². The molecule has 0 spiro atoms. The van der Waals surface area contributed by atoms with E-state index in [4.69, 9.17) is 5.11 Å². The highest BCUT2D eigenvalue weighted by atomic mass is 16.3. The number of nitrogens with zero attached hydrogens (tertiary/aromatic N) is 1. The zero-order valence-electron chi connectivity index (χ0n) is 12.6. The summed E-state index contributed by atoms with van der Waals surface area (Å²) in [7, 11) is 0. The van der Waals surface area contributed by atoms with Crippen LogP contribution in [-0.4, -0.2) is 31.3 Å². The molecule has 0 amide bonds. The zero-order valence-corrected chi connectivity index (χ0v) is 12.6. The summed E-state index contributed by atoms with van der Waals surface area (Å²) in [5.41, 5.74) is 3.89. The van der Waals surface area contributed by atoms with Crippen LogP contribution in [-0.2, 0) is 6.54 Å². The first-order valence-corrected chi connectivity index (χ1v) is 7.39. The van der Waals surface area contributed by atoms with Crippen LogP contribution in [0.15, 0.2) is 18.2 Å². The van der Waals surface area contributed by atoms with Gasteiger partial charge >= 0.3 is 0 Å².